The van der Waals surface area contributed by atoms with Gasteiger partial charge in [-0.15, -0.1) is 0 Å². The number of carboxylic acids is 2. The van der Waals surface area contributed by atoms with E-state index < -0.39 is 72.3 Å². The number of rotatable bonds is 14. The average molecular weight is 465 g/mol. The normalized spacial score (nSPS) is 15.5. The molecular formula is C16H27N5O9S. The van der Waals surface area contributed by atoms with Gasteiger partial charge in [0.25, 0.3) is 0 Å². The Kier molecular flexibility index (Phi) is 12.1. The summed E-state index contributed by atoms with van der Waals surface area (Å²) in [6.07, 6.45) is -2.86. The third kappa shape index (κ3) is 10.6. The number of carbonyl (C=O) groups is 6. The number of thiol groups is 1. The number of aliphatic hydroxyl groups is 1. The molecule has 0 saturated carbocycles. The Labute approximate surface area is 182 Å². The molecule has 0 heterocycles. The van der Waals surface area contributed by atoms with Crippen molar-refractivity contribution in [3.05, 3.63) is 0 Å². The summed E-state index contributed by atoms with van der Waals surface area (Å²) in [6.45, 7) is 1.15. The second-order valence-electron chi connectivity index (χ2n) is 6.58. The summed E-state index contributed by atoms with van der Waals surface area (Å²) in [5.41, 5.74) is 10.5. The van der Waals surface area contributed by atoms with Gasteiger partial charge in [-0.3, -0.25) is 24.0 Å². The van der Waals surface area contributed by atoms with Crippen LogP contribution < -0.4 is 27.4 Å². The fraction of sp³-hybridized carbons (Fsp3) is 0.625. The van der Waals surface area contributed by atoms with Crippen LogP contribution in [0.3, 0.4) is 0 Å². The topological polar surface area (TPSA) is 251 Å². The number of primary amides is 1. The lowest BCUT2D eigenvalue weighted by molar-refractivity contribution is -0.142. The molecule has 14 nitrogen and oxygen atoms in total. The van der Waals surface area contributed by atoms with Gasteiger partial charge in [0.2, 0.25) is 23.6 Å². The van der Waals surface area contributed by atoms with Crippen molar-refractivity contribution in [1.82, 2.24) is 16.0 Å². The molecule has 0 rings (SSSR count). The zero-order chi connectivity index (χ0) is 24.3. The van der Waals surface area contributed by atoms with E-state index in [9.17, 15) is 33.9 Å². The van der Waals surface area contributed by atoms with Crippen LogP contribution in [-0.2, 0) is 28.8 Å². The molecule has 0 aromatic heterocycles. The highest BCUT2D eigenvalue weighted by Gasteiger charge is 2.32. The van der Waals surface area contributed by atoms with Gasteiger partial charge in [0.05, 0.1) is 18.6 Å². The minimum Gasteiger partial charge on any atom is -0.481 e. The third-order valence-corrected chi connectivity index (χ3v) is 4.27. The summed E-state index contributed by atoms with van der Waals surface area (Å²) in [5, 5.41) is 33.9. The molecule has 0 aromatic carbocycles. The number of amides is 4. The van der Waals surface area contributed by atoms with Gasteiger partial charge < -0.3 is 42.7 Å². The lowest BCUT2D eigenvalue weighted by atomic mass is 10.1. The Bertz CT molecular complexity index is 703. The van der Waals surface area contributed by atoms with Gasteiger partial charge in [-0.25, -0.2) is 4.79 Å². The monoisotopic (exact) mass is 465 g/mol. The number of nitrogens with two attached hydrogens (primary N) is 2. The van der Waals surface area contributed by atoms with E-state index in [2.05, 4.69) is 28.6 Å². The minimum atomic E-state index is -1.63. The summed E-state index contributed by atoms with van der Waals surface area (Å²) >= 11 is 3.80. The van der Waals surface area contributed by atoms with Crippen LogP contribution in [0.15, 0.2) is 0 Å². The van der Waals surface area contributed by atoms with E-state index in [0.717, 1.165) is 6.92 Å². The number of hydrogen-bond acceptors (Lipinski definition) is 9. The number of hydrogen-bond donors (Lipinski definition) is 9. The maximum absolute atomic E-state index is 12.5. The predicted molar refractivity (Wildman–Crippen MR) is 108 cm³/mol. The van der Waals surface area contributed by atoms with Gasteiger partial charge in [-0.05, 0) is 13.3 Å². The van der Waals surface area contributed by atoms with Crippen LogP contribution in [0, 0.1) is 0 Å². The summed E-state index contributed by atoms with van der Waals surface area (Å²) in [6, 6.07) is -5.96. The standard InChI is InChI=1S/C16H27N5O9S/c1-6(22)12(21-13(26)7(17)4-11(24)25)15(28)19-8(2-3-10(18)23)14(27)20-9(5-31)16(29)30/h6-9,12,22,31H,2-5,17H2,1H3,(H2,18,23)(H,19,28)(H,20,27)(H,21,26)(H,24,25)(H,29,30). The molecule has 31 heavy (non-hydrogen) atoms. The first-order valence-electron chi connectivity index (χ1n) is 8.98. The molecule has 0 saturated heterocycles. The molecule has 5 unspecified atom stereocenters. The van der Waals surface area contributed by atoms with Gasteiger partial charge in [0.1, 0.15) is 18.1 Å². The van der Waals surface area contributed by atoms with Gasteiger partial charge in [-0.2, -0.15) is 12.6 Å². The second-order valence-corrected chi connectivity index (χ2v) is 6.94. The number of aliphatic hydroxyl groups excluding tert-OH is 1. The van der Waals surface area contributed by atoms with E-state index in [-0.39, 0.29) is 18.6 Å². The molecule has 0 aliphatic carbocycles. The maximum Gasteiger partial charge on any atom is 0.327 e. The molecule has 0 aliphatic heterocycles. The zero-order valence-corrected chi connectivity index (χ0v) is 17.5. The van der Waals surface area contributed by atoms with E-state index >= 15 is 0 Å². The largest absolute Gasteiger partial charge is 0.481 e. The molecule has 0 spiro atoms. The van der Waals surface area contributed by atoms with Gasteiger partial charge in [0.15, 0.2) is 0 Å². The Morgan fingerprint density at radius 1 is 0.935 bits per heavy atom. The zero-order valence-electron chi connectivity index (χ0n) is 16.6. The number of nitrogens with one attached hydrogen (secondary N) is 3. The van der Waals surface area contributed by atoms with Crippen molar-refractivity contribution >= 4 is 48.2 Å². The van der Waals surface area contributed by atoms with Crippen molar-refractivity contribution < 1.29 is 44.1 Å². The Morgan fingerprint density at radius 2 is 1.48 bits per heavy atom. The number of carboxylic acid groups (broad SMARTS) is 2. The van der Waals surface area contributed by atoms with Crippen molar-refractivity contribution in [3.8, 4) is 0 Å². The molecule has 15 heteroatoms. The number of carbonyl (C=O) groups excluding carboxylic acids is 4. The van der Waals surface area contributed by atoms with Crippen LogP contribution in [0.2, 0.25) is 0 Å². The second kappa shape index (κ2) is 13.4. The molecule has 0 radical (unpaired) electrons. The highest BCUT2D eigenvalue weighted by molar-refractivity contribution is 7.80. The maximum atomic E-state index is 12.5. The summed E-state index contributed by atoms with van der Waals surface area (Å²) in [7, 11) is 0. The highest BCUT2D eigenvalue weighted by Crippen LogP contribution is 2.03. The summed E-state index contributed by atoms with van der Waals surface area (Å²) in [4.78, 5) is 69.7. The van der Waals surface area contributed by atoms with Crippen LogP contribution in [0.25, 0.3) is 0 Å². The fourth-order valence-corrected chi connectivity index (χ4v) is 2.47. The van der Waals surface area contributed by atoms with Crippen LogP contribution in [0.5, 0.6) is 0 Å². The molecular weight excluding hydrogens is 438 g/mol. The van der Waals surface area contributed by atoms with Crippen molar-refractivity contribution in [2.75, 3.05) is 5.75 Å². The SMILES string of the molecule is CC(O)C(NC(=O)C(N)CC(=O)O)C(=O)NC(CCC(N)=O)C(=O)NC(CS)C(=O)O. The van der Waals surface area contributed by atoms with Gasteiger partial charge >= 0.3 is 11.9 Å². The molecule has 0 bridgehead atoms. The first-order chi connectivity index (χ1) is 14.3. The van der Waals surface area contributed by atoms with Crippen LogP contribution in [0.1, 0.15) is 26.2 Å². The minimum absolute atomic E-state index is 0.259. The Balaban J connectivity index is 5.41. The molecule has 0 aliphatic rings. The van der Waals surface area contributed by atoms with Crippen molar-refractivity contribution in [2.45, 2.75) is 56.5 Å². The quantitative estimate of drug-likeness (QED) is 0.112. The predicted octanol–water partition coefficient (Wildman–Crippen LogP) is -4.10. The molecule has 0 fully saturated rings. The van der Waals surface area contributed by atoms with E-state index in [1.807, 2.05) is 0 Å². The lowest BCUT2D eigenvalue weighted by Gasteiger charge is -2.26. The summed E-state index contributed by atoms with van der Waals surface area (Å²) < 4.78 is 0. The molecule has 5 atom stereocenters. The van der Waals surface area contributed by atoms with E-state index in [0.29, 0.717) is 0 Å². The van der Waals surface area contributed by atoms with E-state index in [1.165, 1.54) is 0 Å². The fourth-order valence-electron chi connectivity index (χ4n) is 2.22. The third-order valence-electron chi connectivity index (χ3n) is 3.90. The Hall–Kier alpha value is -2.91. The van der Waals surface area contributed by atoms with Crippen LogP contribution >= 0.6 is 12.6 Å². The highest BCUT2D eigenvalue weighted by atomic mass is 32.1. The van der Waals surface area contributed by atoms with Crippen LogP contribution in [-0.4, -0.2) is 86.9 Å². The molecule has 10 N–H and O–H groups in total. The summed E-state index contributed by atoms with van der Waals surface area (Å²) in [5.74, 6) is -6.86. The average Bonchev–Trinajstić information content (AvgIpc) is 2.65. The smallest absolute Gasteiger partial charge is 0.327 e. The number of aliphatic carboxylic acids is 2. The van der Waals surface area contributed by atoms with Crippen LogP contribution in [0.4, 0.5) is 0 Å². The first kappa shape index (κ1) is 28.1. The lowest BCUT2D eigenvalue weighted by Crippen LogP contribution is -2.60. The van der Waals surface area contributed by atoms with E-state index in [1.54, 1.807) is 0 Å². The molecule has 4 amide bonds. The van der Waals surface area contributed by atoms with Crippen molar-refractivity contribution in [3.63, 3.8) is 0 Å². The van der Waals surface area contributed by atoms with Gasteiger partial charge in [0, 0.05) is 12.2 Å². The first-order valence-corrected chi connectivity index (χ1v) is 9.61. The van der Waals surface area contributed by atoms with Crippen molar-refractivity contribution in [1.29, 1.82) is 0 Å². The van der Waals surface area contributed by atoms with Crippen molar-refractivity contribution in [2.24, 2.45) is 11.5 Å². The molecule has 0 aromatic rings. The van der Waals surface area contributed by atoms with E-state index in [4.69, 9.17) is 21.7 Å². The molecule has 176 valence electrons. The van der Waals surface area contributed by atoms with Gasteiger partial charge in [-0.1, -0.05) is 0 Å². The Morgan fingerprint density at radius 3 is 1.90 bits per heavy atom.